The van der Waals surface area contributed by atoms with E-state index >= 15 is 0 Å². The average Bonchev–Trinajstić information content (AvgIpc) is 3.01. The standard InChI is InChI=1S/C21H22ClNO4/c22-16-1-2-17-15(6-16)7-18(27-17)20(25)26-11-19(24)23-21-8-12-3-13(9-21)5-14(4-12)10-21/h1-2,6-7,12-14H,3-5,8-11H2,(H,23,24). The van der Waals surface area contributed by atoms with Crippen LogP contribution < -0.4 is 5.32 Å². The van der Waals surface area contributed by atoms with Crippen LogP contribution in [0.3, 0.4) is 0 Å². The first-order valence-corrected chi connectivity index (χ1v) is 10.0. The van der Waals surface area contributed by atoms with Gasteiger partial charge >= 0.3 is 5.97 Å². The molecule has 4 fully saturated rings. The van der Waals surface area contributed by atoms with Crippen molar-refractivity contribution in [2.75, 3.05) is 6.61 Å². The van der Waals surface area contributed by atoms with Gasteiger partial charge in [-0.1, -0.05) is 11.6 Å². The highest BCUT2D eigenvalue weighted by atomic mass is 35.5. The number of fused-ring (bicyclic) bond motifs is 1. The molecule has 6 rings (SSSR count). The lowest BCUT2D eigenvalue weighted by molar-refractivity contribution is -0.130. The number of esters is 1. The van der Waals surface area contributed by atoms with Gasteiger partial charge in [-0.05, 0) is 80.5 Å². The molecule has 4 aliphatic rings. The van der Waals surface area contributed by atoms with Crippen molar-refractivity contribution in [2.45, 2.75) is 44.1 Å². The van der Waals surface area contributed by atoms with Crippen LogP contribution >= 0.6 is 11.6 Å². The second-order valence-corrected chi connectivity index (χ2v) is 9.05. The van der Waals surface area contributed by atoms with Crippen LogP contribution in [0.15, 0.2) is 28.7 Å². The highest BCUT2D eigenvalue weighted by Crippen LogP contribution is 2.55. The molecule has 0 saturated heterocycles. The molecule has 1 heterocycles. The Hall–Kier alpha value is -2.01. The van der Waals surface area contributed by atoms with Crippen LogP contribution in [0.25, 0.3) is 11.0 Å². The maximum atomic E-state index is 12.4. The van der Waals surface area contributed by atoms with Crippen LogP contribution in [0.1, 0.15) is 49.1 Å². The Morgan fingerprint density at radius 2 is 1.78 bits per heavy atom. The number of hydrogen-bond donors (Lipinski definition) is 1. The van der Waals surface area contributed by atoms with Crippen LogP contribution in [0.2, 0.25) is 5.02 Å². The summed E-state index contributed by atoms with van der Waals surface area (Å²) in [6.07, 6.45) is 7.18. The van der Waals surface area contributed by atoms with E-state index in [1.54, 1.807) is 24.3 Å². The molecule has 0 atom stereocenters. The number of carbonyl (C=O) groups is 2. The van der Waals surface area contributed by atoms with Crippen molar-refractivity contribution in [3.63, 3.8) is 0 Å². The third-order valence-corrected chi connectivity index (χ3v) is 6.69. The van der Waals surface area contributed by atoms with Gasteiger partial charge in [-0.3, -0.25) is 4.79 Å². The van der Waals surface area contributed by atoms with Gasteiger partial charge in [0.1, 0.15) is 5.58 Å². The second-order valence-electron chi connectivity index (χ2n) is 8.61. The predicted octanol–water partition coefficient (Wildman–Crippen LogP) is 4.33. The first kappa shape index (κ1) is 17.1. The summed E-state index contributed by atoms with van der Waals surface area (Å²) in [5.41, 5.74) is 0.485. The lowest BCUT2D eigenvalue weighted by Crippen LogP contribution is -2.60. The molecule has 0 aliphatic heterocycles. The molecule has 0 unspecified atom stereocenters. The molecule has 0 spiro atoms. The van der Waals surface area contributed by atoms with Crippen molar-refractivity contribution in [1.82, 2.24) is 5.32 Å². The minimum atomic E-state index is -0.636. The molecule has 6 heteroatoms. The quantitative estimate of drug-likeness (QED) is 0.793. The van der Waals surface area contributed by atoms with E-state index in [1.165, 1.54) is 19.3 Å². The molecule has 142 valence electrons. The van der Waals surface area contributed by atoms with Crippen molar-refractivity contribution in [3.05, 3.63) is 35.0 Å². The van der Waals surface area contributed by atoms with E-state index in [2.05, 4.69) is 5.32 Å². The Balaban J connectivity index is 1.21. The number of furan rings is 1. The number of ether oxygens (including phenoxy) is 1. The molecule has 1 aromatic heterocycles. The van der Waals surface area contributed by atoms with Crippen LogP contribution in [0.4, 0.5) is 0 Å². The zero-order valence-corrected chi connectivity index (χ0v) is 15.8. The number of rotatable bonds is 4. The fourth-order valence-corrected chi connectivity index (χ4v) is 6.09. The van der Waals surface area contributed by atoms with Gasteiger partial charge in [0.05, 0.1) is 0 Å². The Bertz CT molecular complexity index is 883. The Kier molecular flexibility index (Phi) is 3.97. The maximum absolute atomic E-state index is 12.4. The smallest absolute Gasteiger partial charge is 0.374 e. The number of hydrogen-bond acceptors (Lipinski definition) is 4. The largest absolute Gasteiger partial charge is 0.450 e. The van der Waals surface area contributed by atoms with E-state index in [9.17, 15) is 9.59 Å². The molecule has 1 amide bonds. The van der Waals surface area contributed by atoms with Crippen molar-refractivity contribution < 1.29 is 18.7 Å². The minimum Gasteiger partial charge on any atom is -0.450 e. The first-order valence-electron chi connectivity index (χ1n) is 9.65. The predicted molar refractivity (Wildman–Crippen MR) is 101 cm³/mol. The van der Waals surface area contributed by atoms with E-state index in [1.807, 2.05) is 0 Å². The van der Waals surface area contributed by atoms with Crippen molar-refractivity contribution in [1.29, 1.82) is 0 Å². The van der Waals surface area contributed by atoms with E-state index in [-0.39, 0.29) is 23.8 Å². The maximum Gasteiger partial charge on any atom is 0.374 e. The van der Waals surface area contributed by atoms with Crippen molar-refractivity contribution in [3.8, 4) is 0 Å². The highest BCUT2D eigenvalue weighted by Gasteiger charge is 2.51. The molecule has 5 nitrogen and oxygen atoms in total. The lowest BCUT2D eigenvalue weighted by Gasteiger charge is -2.56. The summed E-state index contributed by atoms with van der Waals surface area (Å²) in [5.74, 6) is 1.48. The molecule has 2 aromatic rings. The normalized spacial score (nSPS) is 31.2. The zero-order chi connectivity index (χ0) is 18.6. The summed E-state index contributed by atoms with van der Waals surface area (Å²) in [4.78, 5) is 24.7. The molecular formula is C21H22ClNO4. The minimum absolute atomic E-state index is 0.0750. The van der Waals surface area contributed by atoms with Gasteiger partial charge < -0.3 is 14.5 Å². The zero-order valence-electron chi connectivity index (χ0n) is 15.0. The van der Waals surface area contributed by atoms with Crippen LogP contribution in [-0.4, -0.2) is 24.0 Å². The van der Waals surface area contributed by atoms with Crippen LogP contribution in [-0.2, 0) is 9.53 Å². The van der Waals surface area contributed by atoms with Gasteiger partial charge in [0.15, 0.2) is 6.61 Å². The van der Waals surface area contributed by atoms with E-state index in [4.69, 9.17) is 20.8 Å². The van der Waals surface area contributed by atoms with Crippen molar-refractivity contribution in [2.24, 2.45) is 17.8 Å². The summed E-state index contributed by atoms with van der Waals surface area (Å²) in [5, 5.41) is 4.50. The number of benzene rings is 1. The number of carbonyl (C=O) groups excluding carboxylic acids is 2. The highest BCUT2D eigenvalue weighted by molar-refractivity contribution is 6.31. The summed E-state index contributed by atoms with van der Waals surface area (Å²) in [6, 6.07) is 6.70. The average molecular weight is 388 g/mol. The monoisotopic (exact) mass is 387 g/mol. The van der Waals surface area contributed by atoms with Crippen molar-refractivity contribution >= 4 is 34.4 Å². The summed E-state index contributed by atoms with van der Waals surface area (Å²) in [7, 11) is 0. The van der Waals surface area contributed by atoms with E-state index < -0.39 is 5.97 Å². The van der Waals surface area contributed by atoms with Gasteiger partial charge in [-0.25, -0.2) is 4.79 Å². The molecular weight excluding hydrogens is 366 g/mol. The molecule has 1 N–H and O–H groups in total. The number of nitrogens with one attached hydrogen (secondary N) is 1. The van der Waals surface area contributed by atoms with E-state index in [0.29, 0.717) is 10.6 Å². The van der Waals surface area contributed by atoms with Gasteiger partial charge in [0.2, 0.25) is 5.76 Å². The topological polar surface area (TPSA) is 68.5 Å². The van der Waals surface area contributed by atoms with Gasteiger partial charge in [-0.2, -0.15) is 0 Å². The lowest BCUT2D eigenvalue weighted by atomic mass is 9.53. The third-order valence-electron chi connectivity index (χ3n) is 6.46. The van der Waals surface area contributed by atoms with E-state index in [0.717, 1.165) is 42.4 Å². The molecule has 1 aromatic carbocycles. The third kappa shape index (κ3) is 3.22. The molecule has 4 saturated carbocycles. The summed E-state index contributed by atoms with van der Waals surface area (Å²) < 4.78 is 10.7. The summed E-state index contributed by atoms with van der Waals surface area (Å²) in [6.45, 7) is -0.279. The van der Waals surface area contributed by atoms with Crippen LogP contribution in [0, 0.1) is 17.8 Å². The SMILES string of the molecule is O=C(COC(=O)c1cc2cc(Cl)ccc2o1)NC12CC3CC(CC(C3)C1)C2. The number of halogens is 1. The first-order chi connectivity index (χ1) is 13.0. The van der Waals surface area contributed by atoms with Crippen LogP contribution in [0.5, 0.6) is 0 Å². The number of amides is 1. The molecule has 4 bridgehead atoms. The Morgan fingerprint density at radius 1 is 1.11 bits per heavy atom. The molecule has 27 heavy (non-hydrogen) atoms. The molecule has 0 radical (unpaired) electrons. The molecule has 4 aliphatic carbocycles. The fraction of sp³-hybridized carbons (Fsp3) is 0.524. The summed E-state index contributed by atoms with van der Waals surface area (Å²) >= 11 is 5.95. The van der Waals surface area contributed by atoms with Gasteiger partial charge in [-0.15, -0.1) is 0 Å². The van der Waals surface area contributed by atoms with Gasteiger partial charge in [0, 0.05) is 15.9 Å². The van der Waals surface area contributed by atoms with Gasteiger partial charge in [0.25, 0.3) is 5.91 Å². The Labute approximate surface area is 162 Å². The Morgan fingerprint density at radius 3 is 2.44 bits per heavy atom. The second kappa shape index (κ2) is 6.26. The fourth-order valence-electron chi connectivity index (χ4n) is 5.91.